The molecule has 7 heteroatoms. The zero-order valence-corrected chi connectivity index (χ0v) is 11.8. The molecule has 0 aliphatic heterocycles. The van der Waals surface area contributed by atoms with Gasteiger partial charge in [-0.05, 0) is 23.8 Å². The van der Waals surface area contributed by atoms with Gasteiger partial charge in [0, 0.05) is 18.9 Å². The van der Waals surface area contributed by atoms with Crippen LogP contribution in [-0.4, -0.2) is 13.4 Å². The lowest BCUT2D eigenvalue weighted by atomic mass is 10.1. The normalized spacial score (nSPS) is 11.0. The van der Waals surface area contributed by atoms with Crippen LogP contribution in [0, 0.1) is 11.3 Å². The first-order valence-electron chi connectivity index (χ1n) is 5.61. The van der Waals surface area contributed by atoms with Crippen LogP contribution in [0.4, 0.5) is 0 Å². The Labute approximate surface area is 121 Å². The Kier molecular flexibility index (Phi) is 4.35. The zero-order chi connectivity index (χ0) is 14.6. The minimum Gasteiger partial charge on any atom is -0.263 e. The predicted octanol–water partition coefficient (Wildman–Crippen LogP) is 2.09. The number of rotatable bonds is 4. The van der Waals surface area contributed by atoms with Crippen molar-refractivity contribution < 1.29 is 8.42 Å². The summed E-state index contributed by atoms with van der Waals surface area (Å²) < 4.78 is 26.6. The molecule has 1 heterocycles. The summed E-state index contributed by atoms with van der Waals surface area (Å²) in [5.41, 5.74) is 1.16. The number of sulfonamides is 1. The second-order valence-electron chi connectivity index (χ2n) is 3.94. The third kappa shape index (κ3) is 3.33. The first-order valence-corrected chi connectivity index (χ1v) is 7.47. The van der Waals surface area contributed by atoms with E-state index in [4.69, 9.17) is 16.9 Å². The molecule has 0 unspecified atom stereocenters. The van der Waals surface area contributed by atoms with Gasteiger partial charge in [-0.1, -0.05) is 23.7 Å². The van der Waals surface area contributed by atoms with Crippen LogP contribution in [0.1, 0.15) is 11.1 Å². The molecule has 1 aromatic heterocycles. The number of hydrogen-bond acceptors (Lipinski definition) is 4. The van der Waals surface area contributed by atoms with Gasteiger partial charge in [-0.25, -0.2) is 13.1 Å². The molecular weight excluding hydrogens is 298 g/mol. The average molecular weight is 308 g/mol. The van der Waals surface area contributed by atoms with E-state index in [9.17, 15) is 8.42 Å². The highest BCUT2D eigenvalue weighted by Crippen LogP contribution is 2.19. The summed E-state index contributed by atoms with van der Waals surface area (Å²) in [7, 11) is -3.74. The molecule has 102 valence electrons. The lowest BCUT2D eigenvalue weighted by Gasteiger charge is -2.08. The number of hydrogen-bond donors (Lipinski definition) is 1. The van der Waals surface area contributed by atoms with Crippen LogP contribution in [0.15, 0.2) is 47.6 Å². The predicted molar refractivity (Wildman–Crippen MR) is 74.4 cm³/mol. The third-order valence-corrected chi connectivity index (χ3v) is 4.42. The summed E-state index contributed by atoms with van der Waals surface area (Å²) in [5.74, 6) is 0. The Morgan fingerprint density at radius 1 is 1.35 bits per heavy atom. The Morgan fingerprint density at radius 3 is 2.85 bits per heavy atom. The lowest BCUT2D eigenvalue weighted by molar-refractivity contribution is 0.581. The van der Waals surface area contributed by atoms with Crippen molar-refractivity contribution in [2.24, 2.45) is 0 Å². The standard InChI is InChI=1S/C13H10ClN3O2S/c14-12-4-5-16-9-13(12)20(18,19)17-8-11-3-1-2-10(6-11)7-15/h1-6,9,17H,8H2. The molecule has 0 radical (unpaired) electrons. The van der Waals surface area contributed by atoms with Crippen molar-refractivity contribution in [1.82, 2.24) is 9.71 Å². The quantitative estimate of drug-likeness (QED) is 0.937. The number of aromatic nitrogens is 1. The van der Waals surface area contributed by atoms with Crippen LogP contribution in [0.5, 0.6) is 0 Å². The molecule has 0 spiro atoms. The Morgan fingerprint density at radius 2 is 2.15 bits per heavy atom. The van der Waals surface area contributed by atoms with E-state index in [0.29, 0.717) is 11.1 Å². The summed E-state index contributed by atoms with van der Waals surface area (Å²) in [6, 6.07) is 10.1. The van der Waals surface area contributed by atoms with Crippen LogP contribution >= 0.6 is 11.6 Å². The van der Waals surface area contributed by atoms with E-state index in [1.165, 1.54) is 18.5 Å². The molecule has 2 aromatic rings. The molecule has 0 aliphatic carbocycles. The zero-order valence-electron chi connectivity index (χ0n) is 10.2. The van der Waals surface area contributed by atoms with Gasteiger partial charge in [0.2, 0.25) is 10.0 Å². The molecular formula is C13H10ClN3O2S. The summed E-state index contributed by atoms with van der Waals surface area (Å²) in [5, 5.41) is 8.90. The molecule has 1 N–H and O–H groups in total. The molecule has 0 amide bonds. The topological polar surface area (TPSA) is 82.9 Å². The summed E-state index contributed by atoms with van der Waals surface area (Å²) in [4.78, 5) is 3.68. The summed E-state index contributed by atoms with van der Waals surface area (Å²) >= 11 is 5.84. The van der Waals surface area contributed by atoms with Gasteiger partial charge in [0.05, 0.1) is 16.7 Å². The molecule has 0 bridgehead atoms. The highest BCUT2D eigenvalue weighted by Gasteiger charge is 2.17. The van der Waals surface area contributed by atoms with E-state index in [0.717, 1.165) is 0 Å². The smallest absolute Gasteiger partial charge is 0.243 e. The fourth-order valence-electron chi connectivity index (χ4n) is 1.57. The summed E-state index contributed by atoms with van der Waals surface area (Å²) in [6.45, 7) is 0.0725. The molecule has 20 heavy (non-hydrogen) atoms. The second kappa shape index (κ2) is 6.01. The average Bonchev–Trinajstić information content (AvgIpc) is 2.46. The maximum Gasteiger partial charge on any atom is 0.243 e. The van der Waals surface area contributed by atoms with Gasteiger partial charge >= 0.3 is 0 Å². The van der Waals surface area contributed by atoms with Gasteiger partial charge in [0.1, 0.15) is 4.90 Å². The van der Waals surface area contributed by atoms with Gasteiger partial charge in [0.25, 0.3) is 0 Å². The highest BCUT2D eigenvalue weighted by atomic mass is 35.5. The number of pyridine rings is 1. The van der Waals surface area contributed by atoms with E-state index < -0.39 is 10.0 Å². The number of benzene rings is 1. The van der Waals surface area contributed by atoms with Crippen molar-refractivity contribution in [2.45, 2.75) is 11.4 Å². The molecule has 0 aliphatic rings. The van der Waals surface area contributed by atoms with E-state index in [2.05, 4.69) is 9.71 Å². The number of nitrogens with one attached hydrogen (secondary N) is 1. The van der Waals surface area contributed by atoms with Crippen molar-refractivity contribution in [3.63, 3.8) is 0 Å². The highest BCUT2D eigenvalue weighted by molar-refractivity contribution is 7.89. The van der Waals surface area contributed by atoms with E-state index in [1.54, 1.807) is 24.3 Å². The van der Waals surface area contributed by atoms with Gasteiger partial charge in [-0.15, -0.1) is 0 Å². The minimum atomic E-state index is -3.74. The molecule has 0 atom stereocenters. The van der Waals surface area contributed by atoms with E-state index in [1.807, 2.05) is 6.07 Å². The maximum absolute atomic E-state index is 12.1. The van der Waals surface area contributed by atoms with Crippen molar-refractivity contribution in [3.05, 3.63) is 58.9 Å². The van der Waals surface area contributed by atoms with Crippen LogP contribution in [0.2, 0.25) is 5.02 Å². The van der Waals surface area contributed by atoms with Crippen LogP contribution in [0.3, 0.4) is 0 Å². The Balaban J connectivity index is 2.18. The van der Waals surface area contributed by atoms with Crippen LogP contribution in [-0.2, 0) is 16.6 Å². The Hall–Kier alpha value is -1.94. The van der Waals surface area contributed by atoms with Gasteiger partial charge in [-0.3, -0.25) is 4.98 Å². The van der Waals surface area contributed by atoms with E-state index in [-0.39, 0.29) is 16.5 Å². The first-order chi connectivity index (χ1) is 9.53. The molecule has 5 nitrogen and oxygen atoms in total. The Bertz CT molecular complexity index is 769. The monoisotopic (exact) mass is 307 g/mol. The van der Waals surface area contributed by atoms with Crippen molar-refractivity contribution in [3.8, 4) is 6.07 Å². The van der Waals surface area contributed by atoms with E-state index >= 15 is 0 Å². The summed E-state index contributed by atoms with van der Waals surface area (Å²) in [6.07, 6.45) is 2.61. The largest absolute Gasteiger partial charge is 0.263 e. The minimum absolute atomic E-state index is 0.0712. The first kappa shape index (κ1) is 14.5. The van der Waals surface area contributed by atoms with Gasteiger partial charge in [0.15, 0.2) is 0 Å². The van der Waals surface area contributed by atoms with Crippen molar-refractivity contribution >= 4 is 21.6 Å². The molecule has 1 aromatic carbocycles. The van der Waals surface area contributed by atoms with Crippen molar-refractivity contribution in [2.75, 3.05) is 0 Å². The number of nitrogens with zero attached hydrogens (tertiary/aromatic N) is 2. The molecule has 0 saturated heterocycles. The van der Waals surface area contributed by atoms with Crippen LogP contribution in [0.25, 0.3) is 0 Å². The second-order valence-corrected chi connectivity index (χ2v) is 6.09. The molecule has 0 saturated carbocycles. The fraction of sp³-hybridized carbons (Fsp3) is 0.0769. The molecule has 2 rings (SSSR count). The van der Waals surface area contributed by atoms with Crippen molar-refractivity contribution in [1.29, 1.82) is 5.26 Å². The maximum atomic E-state index is 12.1. The fourth-order valence-corrected chi connectivity index (χ4v) is 3.01. The lowest BCUT2D eigenvalue weighted by Crippen LogP contribution is -2.23. The van der Waals surface area contributed by atoms with Gasteiger partial charge < -0.3 is 0 Å². The number of halogens is 1. The van der Waals surface area contributed by atoms with Gasteiger partial charge in [-0.2, -0.15) is 5.26 Å². The van der Waals surface area contributed by atoms with Crippen LogP contribution < -0.4 is 4.72 Å². The third-order valence-electron chi connectivity index (χ3n) is 2.55. The number of nitriles is 1. The molecule has 0 fully saturated rings. The SMILES string of the molecule is N#Cc1cccc(CNS(=O)(=O)c2cnccc2Cl)c1.